The summed E-state index contributed by atoms with van der Waals surface area (Å²) in [6.45, 7) is 0. The molecule has 0 spiro atoms. The van der Waals surface area contributed by atoms with Gasteiger partial charge in [-0.25, -0.2) is 4.79 Å². The first-order valence-electron chi connectivity index (χ1n) is 5.86. The summed E-state index contributed by atoms with van der Waals surface area (Å²) in [6.07, 6.45) is 1.34. The van der Waals surface area contributed by atoms with Gasteiger partial charge in [0.15, 0.2) is 11.5 Å². The van der Waals surface area contributed by atoms with E-state index < -0.39 is 5.97 Å². The summed E-state index contributed by atoms with van der Waals surface area (Å²) in [5.41, 5.74) is 0.549. The first-order valence-corrected chi connectivity index (χ1v) is 7.11. The molecule has 0 amide bonds. The number of carbonyl (C=O) groups excluding carboxylic acids is 1. The molecule has 21 heavy (non-hydrogen) atoms. The van der Waals surface area contributed by atoms with E-state index in [1.54, 1.807) is 29.6 Å². The van der Waals surface area contributed by atoms with Gasteiger partial charge in [-0.1, -0.05) is 22.8 Å². The van der Waals surface area contributed by atoms with Gasteiger partial charge in [0.2, 0.25) is 0 Å². The van der Waals surface area contributed by atoms with Crippen molar-refractivity contribution in [3.63, 3.8) is 0 Å². The summed E-state index contributed by atoms with van der Waals surface area (Å²) in [5.74, 6) is 0.390. The number of methoxy groups -OCH3 is 2. The molecular weight excluding hydrogens is 314 g/mol. The molecule has 0 aliphatic carbocycles. The standard InChI is InChI=1S/C14H12ClNO4S/c1-18-10-6-5-9(12(15)13(10)19-2)8-16-20-14(17)11-4-3-7-21-11/h3-8H,1-2H3/b16-8-. The normalized spacial score (nSPS) is 10.6. The van der Waals surface area contributed by atoms with E-state index in [4.69, 9.17) is 25.9 Å². The fourth-order valence-electron chi connectivity index (χ4n) is 1.57. The van der Waals surface area contributed by atoms with Gasteiger partial charge in [-0.3, -0.25) is 0 Å². The molecule has 5 nitrogen and oxygen atoms in total. The molecule has 0 aliphatic heterocycles. The highest BCUT2D eigenvalue weighted by Crippen LogP contribution is 2.36. The molecule has 0 saturated carbocycles. The van der Waals surface area contributed by atoms with Crippen molar-refractivity contribution in [1.82, 2.24) is 0 Å². The topological polar surface area (TPSA) is 57.1 Å². The van der Waals surface area contributed by atoms with Crippen LogP contribution in [-0.4, -0.2) is 26.4 Å². The number of nitrogens with zero attached hydrogens (tertiary/aromatic N) is 1. The third-order valence-electron chi connectivity index (χ3n) is 2.56. The molecule has 0 N–H and O–H groups in total. The van der Waals surface area contributed by atoms with Crippen molar-refractivity contribution in [2.24, 2.45) is 5.16 Å². The summed E-state index contributed by atoms with van der Waals surface area (Å²) >= 11 is 7.45. The van der Waals surface area contributed by atoms with E-state index in [1.807, 2.05) is 0 Å². The SMILES string of the molecule is COc1ccc(/C=N\OC(=O)c2cccs2)c(Cl)c1OC. The first kappa shape index (κ1) is 15.3. The maximum atomic E-state index is 11.6. The van der Waals surface area contributed by atoms with Crippen molar-refractivity contribution in [3.05, 3.63) is 45.1 Å². The zero-order valence-corrected chi connectivity index (χ0v) is 12.9. The van der Waals surface area contributed by atoms with Crippen LogP contribution in [0.2, 0.25) is 5.02 Å². The lowest BCUT2D eigenvalue weighted by Gasteiger charge is -2.10. The van der Waals surface area contributed by atoms with Crippen LogP contribution in [0.25, 0.3) is 0 Å². The van der Waals surface area contributed by atoms with E-state index in [1.165, 1.54) is 31.8 Å². The third kappa shape index (κ3) is 3.53. The molecule has 0 aliphatic rings. The largest absolute Gasteiger partial charge is 0.493 e. The minimum atomic E-state index is -0.516. The van der Waals surface area contributed by atoms with Crippen molar-refractivity contribution in [2.75, 3.05) is 14.2 Å². The van der Waals surface area contributed by atoms with Gasteiger partial charge in [-0.05, 0) is 23.6 Å². The van der Waals surface area contributed by atoms with Gasteiger partial charge in [0.25, 0.3) is 0 Å². The van der Waals surface area contributed by atoms with Crippen LogP contribution in [0, 0.1) is 0 Å². The van der Waals surface area contributed by atoms with Crippen LogP contribution in [0.3, 0.4) is 0 Å². The third-order valence-corrected chi connectivity index (χ3v) is 3.80. The number of thiophene rings is 1. The average molecular weight is 326 g/mol. The second-order valence-corrected chi connectivity index (χ2v) is 5.12. The van der Waals surface area contributed by atoms with Crippen LogP contribution in [0.15, 0.2) is 34.8 Å². The predicted molar refractivity (Wildman–Crippen MR) is 81.9 cm³/mol. The lowest BCUT2D eigenvalue weighted by atomic mass is 10.2. The second-order valence-electron chi connectivity index (χ2n) is 3.79. The van der Waals surface area contributed by atoms with Crippen molar-refractivity contribution in [3.8, 4) is 11.5 Å². The smallest absolute Gasteiger partial charge is 0.375 e. The van der Waals surface area contributed by atoms with Crippen molar-refractivity contribution < 1.29 is 19.1 Å². The van der Waals surface area contributed by atoms with Crippen LogP contribution in [0.1, 0.15) is 15.2 Å². The summed E-state index contributed by atoms with van der Waals surface area (Å²) in [4.78, 5) is 16.9. The lowest BCUT2D eigenvalue weighted by Crippen LogP contribution is -1.98. The zero-order chi connectivity index (χ0) is 15.2. The fraction of sp³-hybridized carbons (Fsp3) is 0.143. The van der Waals surface area contributed by atoms with Gasteiger partial charge in [0, 0.05) is 5.56 Å². The summed E-state index contributed by atoms with van der Waals surface area (Å²) in [5, 5.41) is 5.75. The van der Waals surface area contributed by atoms with Gasteiger partial charge >= 0.3 is 5.97 Å². The summed E-state index contributed by atoms with van der Waals surface area (Å²) in [7, 11) is 3.01. The molecule has 2 aromatic rings. The number of benzene rings is 1. The summed E-state index contributed by atoms with van der Waals surface area (Å²) < 4.78 is 10.3. The van der Waals surface area contributed by atoms with Crippen molar-refractivity contribution >= 4 is 35.1 Å². The van der Waals surface area contributed by atoms with E-state index in [9.17, 15) is 4.79 Å². The zero-order valence-electron chi connectivity index (χ0n) is 11.3. The molecular formula is C14H12ClNO4S. The highest BCUT2D eigenvalue weighted by atomic mass is 35.5. The molecule has 7 heteroatoms. The van der Waals surface area contributed by atoms with Crippen LogP contribution < -0.4 is 9.47 Å². The Morgan fingerprint density at radius 1 is 1.29 bits per heavy atom. The van der Waals surface area contributed by atoms with Gasteiger partial charge in [-0.15, -0.1) is 11.3 Å². The highest BCUT2D eigenvalue weighted by molar-refractivity contribution is 7.11. The maximum absolute atomic E-state index is 11.6. The number of oxime groups is 1. The molecule has 0 fully saturated rings. The molecule has 0 radical (unpaired) electrons. The Kier molecular flexibility index (Phi) is 5.19. The molecule has 0 saturated heterocycles. The van der Waals surface area contributed by atoms with Crippen LogP contribution in [-0.2, 0) is 4.84 Å². The van der Waals surface area contributed by atoms with Crippen molar-refractivity contribution in [2.45, 2.75) is 0 Å². The summed E-state index contributed by atoms with van der Waals surface area (Å²) in [6, 6.07) is 6.79. The Balaban J connectivity index is 2.12. The molecule has 2 rings (SSSR count). The number of hydrogen-bond acceptors (Lipinski definition) is 6. The number of ether oxygens (including phenoxy) is 2. The Bertz CT molecular complexity index is 655. The average Bonchev–Trinajstić information content (AvgIpc) is 3.02. The minimum Gasteiger partial charge on any atom is -0.493 e. The van der Waals surface area contributed by atoms with E-state index in [-0.39, 0.29) is 0 Å². The molecule has 1 aromatic heterocycles. The van der Waals surface area contributed by atoms with Gasteiger partial charge in [0.1, 0.15) is 4.88 Å². The molecule has 1 heterocycles. The fourth-order valence-corrected chi connectivity index (χ4v) is 2.45. The van der Waals surface area contributed by atoms with Gasteiger partial charge in [0.05, 0.1) is 25.5 Å². The number of hydrogen-bond donors (Lipinski definition) is 0. The second kappa shape index (κ2) is 7.10. The van der Waals surface area contributed by atoms with E-state index in [2.05, 4.69) is 5.16 Å². The lowest BCUT2D eigenvalue weighted by molar-refractivity contribution is 0.0525. The van der Waals surface area contributed by atoms with Crippen LogP contribution >= 0.6 is 22.9 Å². The number of halogens is 1. The van der Waals surface area contributed by atoms with Gasteiger partial charge < -0.3 is 14.3 Å². The number of rotatable bonds is 5. The van der Waals surface area contributed by atoms with Crippen molar-refractivity contribution in [1.29, 1.82) is 0 Å². The molecule has 0 atom stereocenters. The Hall–Kier alpha value is -2.05. The predicted octanol–water partition coefficient (Wildman–Crippen LogP) is 3.61. The molecule has 0 unspecified atom stereocenters. The van der Waals surface area contributed by atoms with E-state index in [0.717, 1.165) is 0 Å². The van der Waals surface area contributed by atoms with Crippen LogP contribution in [0.5, 0.6) is 11.5 Å². The number of carbonyl (C=O) groups is 1. The minimum absolute atomic E-state index is 0.327. The Morgan fingerprint density at radius 2 is 2.10 bits per heavy atom. The Labute approximate surface area is 130 Å². The van der Waals surface area contributed by atoms with Gasteiger partial charge in [-0.2, -0.15) is 0 Å². The quantitative estimate of drug-likeness (QED) is 0.479. The van der Waals surface area contributed by atoms with Crippen LogP contribution in [0.4, 0.5) is 0 Å². The Morgan fingerprint density at radius 3 is 2.71 bits per heavy atom. The first-order chi connectivity index (χ1) is 10.2. The molecule has 1 aromatic carbocycles. The maximum Gasteiger partial charge on any atom is 0.375 e. The molecule has 0 bridgehead atoms. The van der Waals surface area contributed by atoms with E-state index in [0.29, 0.717) is 27.0 Å². The van der Waals surface area contributed by atoms with E-state index >= 15 is 0 Å². The monoisotopic (exact) mass is 325 g/mol. The highest BCUT2D eigenvalue weighted by Gasteiger charge is 2.12. The molecule has 110 valence electrons.